The molecule has 0 saturated heterocycles. The number of benzene rings is 3. The van der Waals surface area contributed by atoms with Gasteiger partial charge >= 0.3 is 0 Å². The molecule has 4 rings (SSSR count). The summed E-state index contributed by atoms with van der Waals surface area (Å²) < 4.78 is 60.9. The van der Waals surface area contributed by atoms with Crippen molar-refractivity contribution in [2.45, 2.75) is 24.8 Å². The van der Waals surface area contributed by atoms with E-state index in [1.165, 1.54) is 12.1 Å². The molecule has 0 radical (unpaired) electrons. The summed E-state index contributed by atoms with van der Waals surface area (Å²) in [6.07, 6.45) is -1.25. The van der Waals surface area contributed by atoms with E-state index in [4.69, 9.17) is 4.74 Å². The van der Waals surface area contributed by atoms with E-state index in [2.05, 4.69) is 5.32 Å². The van der Waals surface area contributed by atoms with Gasteiger partial charge < -0.3 is 10.1 Å². The Hall–Kier alpha value is -3.46. The molecule has 0 bridgehead atoms. The number of halogens is 2. The number of anilines is 2. The smallest absolute Gasteiger partial charge is 0.267 e. The van der Waals surface area contributed by atoms with Gasteiger partial charge in [-0.05, 0) is 55.8 Å². The monoisotopic (exact) mass is 458 g/mol. The third kappa shape index (κ3) is 4.16. The third-order valence-corrected chi connectivity index (χ3v) is 6.87. The lowest BCUT2D eigenvalue weighted by atomic mass is 10.1. The zero-order valence-corrected chi connectivity index (χ0v) is 18.1. The summed E-state index contributed by atoms with van der Waals surface area (Å²) in [7, 11) is -4.01. The molecule has 1 unspecified atom stereocenters. The minimum Gasteiger partial charge on any atom is -0.476 e. The number of ether oxygens (including phenoxy) is 1. The first kappa shape index (κ1) is 21.8. The van der Waals surface area contributed by atoms with Gasteiger partial charge in [0.05, 0.1) is 22.8 Å². The van der Waals surface area contributed by atoms with Gasteiger partial charge in [0, 0.05) is 6.07 Å². The SMILES string of the molecule is Cc1ccc(S(=O)(=O)N2CC(C(=O)Nc3ccc(F)cc3F)Oc3ccc(C)cc32)cc1. The fourth-order valence-electron chi connectivity index (χ4n) is 3.37. The van der Waals surface area contributed by atoms with Gasteiger partial charge in [-0.15, -0.1) is 0 Å². The van der Waals surface area contributed by atoms with Gasteiger partial charge in [-0.3, -0.25) is 9.10 Å². The van der Waals surface area contributed by atoms with E-state index >= 15 is 0 Å². The second-order valence-corrected chi connectivity index (χ2v) is 9.40. The van der Waals surface area contributed by atoms with Gasteiger partial charge in [0.25, 0.3) is 15.9 Å². The zero-order valence-electron chi connectivity index (χ0n) is 17.3. The molecular formula is C23H20F2N2O4S. The van der Waals surface area contributed by atoms with Crippen molar-refractivity contribution in [1.29, 1.82) is 0 Å². The van der Waals surface area contributed by atoms with Crippen LogP contribution in [0, 0.1) is 25.5 Å². The Labute approximate surface area is 184 Å². The molecule has 0 fully saturated rings. The maximum Gasteiger partial charge on any atom is 0.267 e. The van der Waals surface area contributed by atoms with Crippen molar-refractivity contribution in [3.05, 3.63) is 83.4 Å². The fourth-order valence-corrected chi connectivity index (χ4v) is 4.83. The van der Waals surface area contributed by atoms with Gasteiger partial charge in [-0.1, -0.05) is 23.8 Å². The molecule has 32 heavy (non-hydrogen) atoms. The average molecular weight is 458 g/mol. The number of nitrogens with zero attached hydrogens (tertiary/aromatic N) is 1. The van der Waals surface area contributed by atoms with Crippen molar-refractivity contribution in [2.24, 2.45) is 0 Å². The number of amides is 1. The summed E-state index contributed by atoms with van der Waals surface area (Å²) in [6.45, 7) is 3.34. The van der Waals surface area contributed by atoms with Crippen LogP contribution in [0.1, 0.15) is 11.1 Å². The highest BCUT2D eigenvalue weighted by atomic mass is 32.2. The van der Waals surface area contributed by atoms with E-state index in [9.17, 15) is 22.0 Å². The van der Waals surface area contributed by atoms with Gasteiger partial charge in [0.15, 0.2) is 6.10 Å². The van der Waals surface area contributed by atoms with Crippen LogP contribution in [0.3, 0.4) is 0 Å². The molecule has 3 aromatic carbocycles. The normalized spacial score (nSPS) is 15.6. The van der Waals surface area contributed by atoms with E-state index in [1.54, 1.807) is 30.3 Å². The molecule has 1 amide bonds. The van der Waals surface area contributed by atoms with E-state index in [0.717, 1.165) is 27.6 Å². The summed E-state index contributed by atoms with van der Waals surface area (Å²) in [5.41, 5.74) is 1.79. The lowest BCUT2D eigenvalue weighted by molar-refractivity contribution is -0.122. The molecule has 0 aliphatic carbocycles. The average Bonchev–Trinajstić information content (AvgIpc) is 2.75. The van der Waals surface area contributed by atoms with Crippen LogP contribution in [0.2, 0.25) is 0 Å². The lowest BCUT2D eigenvalue weighted by Crippen LogP contribution is -2.49. The Morgan fingerprint density at radius 2 is 1.69 bits per heavy atom. The molecule has 3 aromatic rings. The van der Waals surface area contributed by atoms with Crippen LogP contribution in [-0.2, 0) is 14.8 Å². The molecule has 1 aliphatic heterocycles. The summed E-state index contributed by atoms with van der Waals surface area (Å²) >= 11 is 0. The number of hydrogen-bond acceptors (Lipinski definition) is 4. The molecule has 0 aromatic heterocycles. The second kappa shape index (κ2) is 8.23. The van der Waals surface area contributed by atoms with Gasteiger partial charge in [0.1, 0.15) is 17.4 Å². The van der Waals surface area contributed by atoms with Crippen LogP contribution < -0.4 is 14.4 Å². The maximum atomic E-state index is 14.0. The van der Waals surface area contributed by atoms with Crippen LogP contribution in [0.5, 0.6) is 5.75 Å². The summed E-state index contributed by atoms with van der Waals surface area (Å²) in [4.78, 5) is 12.9. The largest absolute Gasteiger partial charge is 0.476 e. The van der Waals surface area contributed by atoms with Crippen LogP contribution >= 0.6 is 0 Å². The van der Waals surface area contributed by atoms with Crippen LogP contribution in [-0.4, -0.2) is 27.0 Å². The molecule has 0 saturated carbocycles. The van der Waals surface area contributed by atoms with Gasteiger partial charge in [0.2, 0.25) is 0 Å². The number of rotatable bonds is 4. The van der Waals surface area contributed by atoms with Gasteiger partial charge in [-0.25, -0.2) is 17.2 Å². The minimum absolute atomic E-state index is 0.0705. The number of aryl methyl sites for hydroxylation is 2. The van der Waals surface area contributed by atoms with E-state index < -0.39 is 33.7 Å². The van der Waals surface area contributed by atoms with Crippen LogP contribution in [0.25, 0.3) is 0 Å². The molecule has 1 atom stereocenters. The number of carbonyl (C=O) groups is 1. The standard InChI is InChI=1S/C23H20F2N2O4S/c1-14-3-7-17(8-4-14)32(29,30)27-13-22(31-21-10-5-15(2)11-20(21)27)23(28)26-19-9-6-16(24)12-18(19)25/h3-12,22H,13H2,1-2H3,(H,26,28). The summed E-state index contributed by atoms with van der Waals surface area (Å²) in [5.74, 6) is -2.29. The summed E-state index contributed by atoms with van der Waals surface area (Å²) in [6, 6.07) is 14.1. The highest BCUT2D eigenvalue weighted by molar-refractivity contribution is 7.92. The first-order chi connectivity index (χ1) is 15.1. The predicted molar refractivity (Wildman–Crippen MR) is 116 cm³/mol. The Bertz CT molecular complexity index is 1290. The molecule has 9 heteroatoms. The second-order valence-electron chi connectivity index (χ2n) is 7.54. The van der Waals surface area contributed by atoms with Crippen molar-refractivity contribution in [3.8, 4) is 5.75 Å². The predicted octanol–water partition coefficient (Wildman–Crippen LogP) is 4.18. The van der Waals surface area contributed by atoms with Crippen molar-refractivity contribution in [1.82, 2.24) is 0 Å². The number of carbonyl (C=O) groups excluding carboxylic acids is 1. The quantitative estimate of drug-likeness (QED) is 0.637. The minimum atomic E-state index is -4.01. The van der Waals surface area contributed by atoms with Crippen molar-refractivity contribution in [3.63, 3.8) is 0 Å². The highest BCUT2D eigenvalue weighted by Gasteiger charge is 2.37. The molecular weight excluding hydrogens is 438 g/mol. The van der Waals surface area contributed by atoms with E-state index in [-0.39, 0.29) is 22.9 Å². The number of nitrogens with one attached hydrogen (secondary N) is 1. The Kier molecular flexibility index (Phi) is 5.60. The molecule has 1 heterocycles. The highest BCUT2D eigenvalue weighted by Crippen LogP contribution is 2.38. The lowest BCUT2D eigenvalue weighted by Gasteiger charge is -2.35. The molecule has 1 aliphatic rings. The Morgan fingerprint density at radius 1 is 1.00 bits per heavy atom. The molecule has 1 N–H and O–H groups in total. The molecule has 166 valence electrons. The number of sulfonamides is 1. The van der Waals surface area contributed by atoms with E-state index in [0.29, 0.717) is 11.8 Å². The molecule has 0 spiro atoms. The Balaban J connectivity index is 1.69. The van der Waals surface area contributed by atoms with E-state index in [1.807, 2.05) is 13.8 Å². The fraction of sp³-hybridized carbons (Fsp3) is 0.174. The van der Waals surface area contributed by atoms with Crippen LogP contribution in [0.15, 0.2) is 65.6 Å². The maximum absolute atomic E-state index is 14.0. The first-order valence-corrected chi connectivity index (χ1v) is 11.2. The van der Waals surface area contributed by atoms with Crippen LogP contribution in [0.4, 0.5) is 20.2 Å². The molecule has 6 nitrogen and oxygen atoms in total. The topological polar surface area (TPSA) is 75.7 Å². The van der Waals surface area contributed by atoms with Crippen molar-refractivity contribution in [2.75, 3.05) is 16.2 Å². The van der Waals surface area contributed by atoms with Crippen molar-refractivity contribution < 1.29 is 26.7 Å². The number of fused-ring (bicyclic) bond motifs is 1. The first-order valence-electron chi connectivity index (χ1n) is 9.78. The zero-order chi connectivity index (χ0) is 23.0. The third-order valence-electron chi connectivity index (χ3n) is 5.07. The van der Waals surface area contributed by atoms with Crippen molar-refractivity contribution >= 4 is 27.3 Å². The summed E-state index contributed by atoms with van der Waals surface area (Å²) in [5, 5.41) is 2.34. The Morgan fingerprint density at radius 3 is 2.38 bits per heavy atom. The van der Waals surface area contributed by atoms with Gasteiger partial charge in [-0.2, -0.15) is 0 Å². The number of hydrogen-bond donors (Lipinski definition) is 1.